The van der Waals surface area contributed by atoms with Gasteiger partial charge in [0.15, 0.2) is 0 Å². The Labute approximate surface area is 133 Å². The predicted molar refractivity (Wildman–Crippen MR) is 87.6 cm³/mol. The van der Waals surface area contributed by atoms with Gasteiger partial charge in [-0.2, -0.15) is 0 Å². The summed E-state index contributed by atoms with van der Waals surface area (Å²) in [6.45, 7) is 1.59. The molecule has 2 amide bonds. The lowest BCUT2D eigenvalue weighted by Crippen LogP contribution is -2.41. The van der Waals surface area contributed by atoms with Crippen LogP contribution < -0.4 is 9.80 Å². The first kappa shape index (κ1) is 16.1. The third-order valence-electron chi connectivity index (χ3n) is 3.13. The summed E-state index contributed by atoms with van der Waals surface area (Å²) in [5, 5.41) is 19.1. The molecule has 0 unspecified atom stereocenters. The van der Waals surface area contributed by atoms with E-state index in [-0.39, 0.29) is 5.82 Å². The lowest BCUT2D eigenvalue weighted by atomic mass is 10.2. The fraction of sp³-hybridized carbons (Fsp3) is 0.0588. The van der Waals surface area contributed by atoms with Gasteiger partial charge < -0.3 is 10.2 Å². The van der Waals surface area contributed by atoms with E-state index in [1.54, 1.807) is 67.6 Å². The second-order valence-electron chi connectivity index (χ2n) is 4.55. The monoisotopic (exact) mass is 312 g/mol. The van der Waals surface area contributed by atoms with Crippen LogP contribution in [0.1, 0.15) is 6.92 Å². The molecule has 0 fully saturated rings. The Balaban J connectivity index is 2.54. The summed E-state index contributed by atoms with van der Waals surface area (Å²) < 4.78 is 0. The molecule has 0 aromatic heterocycles. The van der Waals surface area contributed by atoms with E-state index in [4.69, 9.17) is 0 Å². The fourth-order valence-electron chi connectivity index (χ4n) is 2.19. The number of rotatable bonds is 4. The minimum atomic E-state index is -1.27. The summed E-state index contributed by atoms with van der Waals surface area (Å²) in [5.41, 5.74) is 0.713. The van der Waals surface area contributed by atoms with Gasteiger partial charge >= 0.3 is 12.2 Å². The van der Waals surface area contributed by atoms with Crippen LogP contribution in [0.4, 0.5) is 21.0 Å². The van der Waals surface area contributed by atoms with Crippen molar-refractivity contribution < 1.29 is 19.8 Å². The molecule has 0 aliphatic carbocycles. The predicted octanol–water partition coefficient (Wildman–Crippen LogP) is 4.22. The van der Waals surface area contributed by atoms with Crippen molar-refractivity contribution in [2.45, 2.75) is 6.92 Å². The minimum absolute atomic E-state index is 0.0161. The van der Waals surface area contributed by atoms with Crippen LogP contribution in [0.25, 0.3) is 0 Å². The molecule has 2 aromatic carbocycles. The molecular weight excluding hydrogens is 296 g/mol. The van der Waals surface area contributed by atoms with Crippen molar-refractivity contribution in [3.8, 4) is 0 Å². The molecule has 0 atom stereocenters. The van der Waals surface area contributed by atoms with Gasteiger partial charge in [0.25, 0.3) is 0 Å². The highest BCUT2D eigenvalue weighted by Gasteiger charge is 2.28. The maximum atomic E-state index is 11.7. The summed E-state index contributed by atoms with van der Waals surface area (Å²) in [4.78, 5) is 25.3. The second kappa shape index (κ2) is 7.13. The minimum Gasteiger partial charge on any atom is -0.464 e. The molecule has 2 rings (SSSR count). The molecule has 23 heavy (non-hydrogen) atoms. The molecule has 0 heterocycles. The van der Waals surface area contributed by atoms with Crippen LogP contribution in [-0.2, 0) is 0 Å². The van der Waals surface area contributed by atoms with Crippen molar-refractivity contribution >= 4 is 23.6 Å². The molecule has 2 aromatic rings. The fourth-order valence-corrected chi connectivity index (χ4v) is 2.19. The molecule has 0 aliphatic heterocycles. The number of amides is 2. The quantitative estimate of drug-likeness (QED) is 0.885. The number of para-hydroxylation sites is 2. The number of nitrogens with zero attached hydrogens (tertiary/aromatic N) is 2. The molecular formula is C17H16N2O4. The zero-order valence-corrected chi connectivity index (χ0v) is 12.5. The highest BCUT2D eigenvalue weighted by atomic mass is 16.4. The Morgan fingerprint density at radius 2 is 1.13 bits per heavy atom. The lowest BCUT2D eigenvalue weighted by molar-refractivity contribution is 0.200. The van der Waals surface area contributed by atoms with Gasteiger partial charge in [0.2, 0.25) is 0 Å². The standard InChI is InChI=1S/C17H16N2O4/c1-2-15(18(16(20)21)13-9-5-3-6-10-13)19(17(22)23)14-11-7-4-8-12-14/h2-12H,1H3,(H,20,21)(H,22,23). The zero-order chi connectivity index (χ0) is 16.8. The molecule has 0 saturated heterocycles. The van der Waals surface area contributed by atoms with Crippen LogP contribution in [0.2, 0.25) is 0 Å². The molecule has 0 spiro atoms. The van der Waals surface area contributed by atoms with Crippen molar-refractivity contribution in [1.82, 2.24) is 0 Å². The molecule has 0 radical (unpaired) electrons. The molecule has 0 aliphatic rings. The largest absolute Gasteiger partial charge is 0.464 e. The van der Waals surface area contributed by atoms with E-state index in [2.05, 4.69) is 0 Å². The summed E-state index contributed by atoms with van der Waals surface area (Å²) in [6.07, 6.45) is -1.10. The molecule has 2 N–H and O–H groups in total. The van der Waals surface area contributed by atoms with Crippen LogP contribution >= 0.6 is 0 Å². The maximum absolute atomic E-state index is 11.7. The van der Waals surface area contributed by atoms with Crippen LogP contribution in [-0.4, -0.2) is 22.4 Å². The second-order valence-corrected chi connectivity index (χ2v) is 4.55. The van der Waals surface area contributed by atoms with Gasteiger partial charge in [-0.05, 0) is 37.3 Å². The third kappa shape index (κ3) is 3.49. The summed E-state index contributed by atoms with van der Waals surface area (Å²) >= 11 is 0. The Morgan fingerprint density at radius 3 is 1.39 bits per heavy atom. The Kier molecular flexibility index (Phi) is 4.99. The summed E-state index contributed by atoms with van der Waals surface area (Å²) in [5.74, 6) is 0.0161. The van der Waals surface area contributed by atoms with Crippen LogP contribution in [0, 0.1) is 0 Å². The highest BCUT2D eigenvalue weighted by molar-refractivity contribution is 5.97. The topological polar surface area (TPSA) is 81.1 Å². The van der Waals surface area contributed by atoms with Crippen molar-refractivity contribution in [1.29, 1.82) is 0 Å². The lowest BCUT2D eigenvalue weighted by Gasteiger charge is -2.29. The molecule has 0 bridgehead atoms. The number of hydrogen-bond donors (Lipinski definition) is 2. The van der Waals surface area contributed by atoms with E-state index in [9.17, 15) is 19.8 Å². The van der Waals surface area contributed by atoms with Crippen molar-refractivity contribution in [3.05, 3.63) is 72.6 Å². The molecule has 118 valence electrons. The zero-order valence-electron chi connectivity index (χ0n) is 12.5. The van der Waals surface area contributed by atoms with Crippen molar-refractivity contribution in [3.63, 3.8) is 0 Å². The van der Waals surface area contributed by atoms with E-state index in [1.165, 1.54) is 6.08 Å². The van der Waals surface area contributed by atoms with E-state index in [0.29, 0.717) is 11.4 Å². The van der Waals surface area contributed by atoms with Crippen molar-refractivity contribution in [2.75, 3.05) is 9.80 Å². The van der Waals surface area contributed by atoms with Crippen LogP contribution in [0.15, 0.2) is 72.6 Å². The van der Waals surface area contributed by atoms with Gasteiger partial charge in [0.05, 0.1) is 11.4 Å². The van der Waals surface area contributed by atoms with Gasteiger partial charge in [-0.1, -0.05) is 36.4 Å². The normalized spacial score (nSPS) is 9.78. The smallest absolute Gasteiger partial charge is 0.417 e. The number of allylic oxidation sites excluding steroid dienone is 1. The Hall–Kier alpha value is -3.28. The van der Waals surface area contributed by atoms with Gasteiger partial charge in [-0.3, -0.25) is 0 Å². The average molecular weight is 312 g/mol. The Morgan fingerprint density at radius 1 is 0.783 bits per heavy atom. The number of carbonyl (C=O) groups is 2. The number of benzene rings is 2. The van der Waals surface area contributed by atoms with Gasteiger partial charge in [0.1, 0.15) is 5.82 Å². The van der Waals surface area contributed by atoms with E-state index in [1.807, 2.05) is 0 Å². The first-order valence-corrected chi connectivity index (χ1v) is 6.88. The van der Waals surface area contributed by atoms with Crippen LogP contribution in [0.3, 0.4) is 0 Å². The average Bonchev–Trinajstić information content (AvgIpc) is 2.55. The first-order chi connectivity index (χ1) is 11.1. The molecule has 0 saturated carbocycles. The SMILES string of the molecule is CC=C(N(C(=O)O)c1ccccc1)N(C(=O)O)c1ccccc1. The first-order valence-electron chi connectivity index (χ1n) is 6.88. The summed E-state index contributed by atoms with van der Waals surface area (Å²) in [6, 6.07) is 16.7. The van der Waals surface area contributed by atoms with Gasteiger partial charge in [-0.25, -0.2) is 19.4 Å². The van der Waals surface area contributed by atoms with Gasteiger partial charge in [0, 0.05) is 0 Å². The summed E-state index contributed by atoms with van der Waals surface area (Å²) in [7, 11) is 0. The molecule has 6 heteroatoms. The van der Waals surface area contributed by atoms with Gasteiger partial charge in [-0.15, -0.1) is 0 Å². The highest BCUT2D eigenvalue weighted by Crippen LogP contribution is 2.26. The van der Waals surface area contributed by atoms with E-state index >= 15 is 0 Å². The van der Waals surface area contributed by atoms with E-state index < -0.39 is 12.2 Å². The maximum Gasteiger partial charge on any atom is 0.417 e. The third-order valence-corrected chi connectivity index (χ3v) is 3.13. The Bertz CT molecular complexity index is 654. The number of hydrogen-bond acceptors (Lipinski definition) is 2. The number of carboxylic acid groups (broad SMARTS) is 2. The molecule has 6 nitrogen and oxygen atoms in total. The van der Waals surface area contributed by atoms with Crippen molar-refractivity contribution in [2.24, 2.45) is 0 Å². The number of anilines is 2. The van der Waals surface area contributed by atoms with E-state index in [0.717, 1.165) is 9.80 Å². The van der Waals surface area contributed by atoms with Crippen LogP contribution in [0.5, 0.6) is 0 Å².